The summed E-state index contributed by atoms with van der Waals surface area (Å²) < 4.78 is 0. The number of para-hydroxylation sites is 2. The van der Waals surface area contributed by atoms with Crippen molar-refractivity contribution in [1.82, 2.24) is 0 Å². The maximum atomic E-state index is 12.4. The van der Waals surface area contributed by atoms with Crippen molar-refractivity contribution < 1.29 is 4.79 Å². The zero-order chi connectivity index (χ0) is 14.8. The minimum atomic E-state index is 0.0943. The lowest BCUT2D eigenvalue weighted by Gasteiger charge is -2.36. The van der Waals surface area contributed by atoms with Gasteiger partial charge < -0.3 is 9.80 Å². The van der Waals surface area contributed by atoms with Crippen LogP contribution < -0.4 is 9.80 Å². The third kappa shape index (κ3) is 2.88. The largest absolute Gasteiger partial charge is 0.371 e. The van der Waals surface area contributed by atoms with Crippen molar-refractivity contribution in [3.8, 4) is 0 Å². The van der Waals surface area contributed by atoms with Crippen LogP contribution in [0.2, 0.25) is 5.02 Å². The van der Waals surface area contributed by atoms with Crippen LogP contribution in [-0.2, 0) is 0 Å². The van der Waals surface area contributed by atoms with E-state index in [9.17, 15) is 4.79 Å². The van der Waals surface area contributed by atoms with E-state index in [0.717, 1.165) is 18.8 Å². The summed E-state index contributed by atoms with van der Waals surface area (Å²) >= 11 is 5.96. The van der Waals surface area contributed by atoms with Gasteiger partial charge in [0.25, 0.3) is 0 Å². The van der Waals surface area contributed by atoms with Crippen molar-refractivity contribution in [2.24, 2.45) is 0 Å². The lowest BCUT2D eigenvalue weighted by Crippen LogP contribution is -2.41. The fourth-order valence-corrected chi connectivity index (χ4v) is 2.85. The molecule has 2 aromatic rings. The summed E-state index contributed by atoms with van der Waals surface area (Å²) in [6.45, 7) is 2.14. The minimum absolute atomic E-state index is 0.0943. The first kappa shape index (κ1) is 14.0. The van der Waals surface area contributed by atoms with E-state index in [1.165, 1.54) is 5.69 Å². The van der Waals surface area contributed by atoms with Crippen molar-refractivity contribution in [1.29, 1.82) is 0 Å². The van der Waals surface area contributed by atoms with Crippen LogP contribution in [0.3, 0.4) is 0 Å². The van der Waals surface area contributed by atoms with Gasteiger partial charge in [-0.1, -0.05) is 35.9 Å². The van der Waals surface area contributed by atoms with Crippen LogP contribution in [0.15, 0.2) is 48.5 Å². The maximum absolute atomic E-state index is 12.4. The van der Waals surface area contributed by atoms with Gasteiger partial charge in [0.1, 0.15) is 0 Å². The standard InChI is InChI=1S/C17H17ClN2O/c1-19-9-10-20(16-8-3-2-7-15(16)19)12-17(21)13-5-4-6-14(18)11-13/h2-8,11H,9-10,12H2,1H3. The van der Waals surface area contributed by atoms with Gasteiger partial charge in [-0.25, -0.2) is 0 Å². The first-order valence-corrected chi connectivity index (χ1v) is 7.37. The minimum Gasteiger partial charge on any atom is -0.371 e. The molecule has 4 heteroatoms. The van der Waals surface area contributed by atoms with Crippen LogP contribution in [0, 0.1) is 0 Å². The molecule has 2 aromatic carbocycles. The van der Waals surface area contributed by atoms with Gasteiger partial charge in [-0.3, -0.25) is 4.79 Å². The summed E-state index contributed by atoms with van der Waals surface area (Å²) in [6.07, 6.45) is 0. The molecule has 0 radical (unpaired) electrons. The number of fused-ring (bicyclic) bond motifs is 1. The van der Waals surface area contributed by atoms with Crippen LogP contribution >= 0.6 is 11.6 Å². The molecule has 0 aromatic heterocycles. The molecule has 0 saturated carbocycles. The van der Waals surface area contributed by atoms with E-state index in [1.54, 1.807) is 12.1 Å². The number of hydrogen-bond donors (Lipinski definition) is 0. The number of likely N-dealkylation sites (N-methyl/N-ethyl adjacent to an activating group) is 1. The Labute approximate surface area is 129 Å². The van der Waals surface area contributed by atoms with E-state index in [2.05, 4.69) is 29.0 Å². The van der Waals surface area contributed by atoms with Crippen molar-refractivity contribution >= 4 is 28.8 Å². The predicted molar refractivity (Wildman–Crippen MR) is 87.7 cm³/mol. The Hall–Kier alpha value is -2.00. The number of nitrogens with zero attached hydrogens (tertiary/aromatic N) is 2. The molecule has 1 aliphatic rings. The number of hydrogen-bond acceptors (Lipinski definition) is 3. The van der Waals surface area contributed by atoms with Gasteiger partial charge in [0.15, 0.2) is 5.78 Å². The third-order valence-electron chi connectivity index (χ3n) is 3.82. The van der Waals surface area contributed by atoms with Crippen molar-refractivity contribution in [2.75, 3.05) is 36.5 Å². The molecular weight excluding hydrogens is 284 g/mol. The lowest BCUT2D eigenvalue weighted by molar-refractivity contribution is 0.0999. The van der Waals surface area contributed by atoms with Crippen molar-refractivity contribution in [3.05, 3.63) is 59.1 Å². The van der Waals surface area contributed by atoms with Gasteiger partial charge in [-0.15, -0.1) is 0 Å². The molecule has 0 fully saturated rings. The molecule has 3 rings (SSSR count). The average molecular weight is 301 g/mol. The Morgan fingerprint density at radius 3 is 2.62 bits per heavy atom. The van der Waals surface area contributed by atoms with E-state index in [1.807, 2.05) is 24.3 Å². The number of rotatable bonds is 3. The third-order valence-corrected chi connectivity index (χ3v) is 4.06. The number of ketones is 1. The molecule has 0 saturated heterocycles. The smallest absolute Gasteiger partial charge is 0.182 e. The molecule has 0 unspecified atom stereocenters. The maximum Gasteiger partial charge on any atom is 0.182 e. The fraction of sp³-hybridized carbons (Fsp3) is 0.235. The van der Waals surface area contributed by atoms with Crippen LogP contribution in [0.25, 0.3) is 0 Å². The summed E-state index contributed by atoms with van der Waals surface area (Å²) in [5.74, 6) is 0.0943. The van der Waals surface area contributed by atoms with Gasteiger partial charge in [0, 0.05) is 30.7 Å². The summed E-state index contributed by atoms with van der Waals surface area (Å²) in [5, 5.41) is 0.597. The zero-order valence-electron chi connectivity index (χ0n) is 11.9. The number of carbonyl (C=O) groups excluding carboxylic acids is 1. The first-order valence-electron chi connectivity index (χ1n) is 6.99. The highest BCUT2D eigenvalue weighted by Gasteiger charge is 2.22. The second-order valence-corrected chi connectivity index (χ2v) is 5.70. The highest BCUT2D eigenvalue weighted by molar-refractivity contribution is 6.31. The number of carbonyl (C=O) groups is 1. The summed E-state index contributed by atoms with van der Waals surface area (Å²) in [6, 6.07) is 15.3. The number of benzene rings is 2. The molecular formula is C17H17ClN2O. The lowest BCUT2D eigenvalue weighted by atomic mass is 10.1. The molecule has 0 atom stereocenters. The Bertz CT molecular complexity index is 671. The molecule has 0 aliphatic carbocycles. The van der Waals surface area contributed by atoms with E-state index < -0.39 is 0 Å². The Morgan fingerprint density at radius 2 is 1.86 bits per heavy atom. The number of anilines is 2. The van der Waals surface area contributed by atoms with E-state index in [0.29, 0.717) is 17.1 Å². The van der Waals surface area contributed by atoms with E-state index in [-0.39, 0.29) is 5.78 Å². The average Bonchev–Trinajstić information content (AvgIpc) is 2.50. The highest BCUT2D eigenvalue weighted by atomic mass is 35.5. The number of halogens is 1. The zero-order valence-corrected chi connectivity index (χ0v) is 12.7. The molecule has 0 N–H and O–H groups in total. The molecule has 108 valence electrons. The summed E-state index contributed by atoms with van der Waals surface area (Å²) in [4.78, 5) is 16.8. The van der Waals surface area contributed by atoms with Gasteiger partial charge in [0.05, 0.1) is 17.9 Å². The van der Waals surface area contributed by atoms with Gasteiger partial charge in [-0.05, 0) is 24.3 Å². The first-order chi connectivity index (χ1) is 10.1. The van der Waals surface area contributed by atoms with Gasteiger partial charge >= 0.3 is 0 Å². The van der Waals surface area contributed by atoms with Crippen LogP contribution in [-0.4, -0.2) is 32.5 Å². The monoisotopic (exact) mass is 300 g/mol. The topological polar surface area (TPSA) is 23.6 Å². The summed E-state index contributed by atoms with van der Waals surface area (Å²) in [5.41, 5.74) is 2.95. The highest BCUT2D eigenvalue weighted by Crippen LogP contribution is 2.31. The van der Waals surface area contributed by atoms with Gasteiger partial charge in [-0.2, -0.15) is 0 Å². The molecule has 3 nitrogen and oxygen atoms in total. The second-order valence-electron chi connectivity index (χ2n) is 5.27. The number of Topliss-reactive ketones (excluding diaryl/α,β-unsaturated/α-hetero) is 1. The van der Waals surface area contributed by atoms with Crippen molar-refractivity contribution in [3.63, 3.8) is 0 Å². The normalized spacial score (nSPS) is 14.0. The van der Waals surface area contributed by atoms with E-state index >= 15 is 0 Å². The molecule has 0 amide bonds. The summed E-state index contributed by atoms with van der Waals surface area (Å²) in [7, 11) is 2.08. The van der Waals surface area contributed by atoms with Gasteiger partial charge in [0.2, 0.25) is 0 Å². The quantitative estimate of drug-likeness (QED) is 0.811. The predicted octanol–water partition coefficient (Wildman–Crippen LogP) is 3.48. The van der Waals surface area contributed by atoms with E-state index in [4.69, 9.17) is 11.6 Å². The van der Waals surface area contributed by atoms with Crippen LogP contribution in [0.5, 0.6) is 0 Å². The molecule has 0 spiro atoms. The fourth-order valence-electron chi connectivity index (χ4n) is 2.66. The van der Waals surface area contributed by atoms with Crippen molar-refractivity contribution in [2.45, 2.75) is 0 Å². The SMILES string of the molecule is CN1CCN(CC(=O)c2cccc(Cl)c2)c2ccccc21. The molecule has 1 heterocycles. The molecule has 1 aliphatic heterocycles. The second kappa shape index (κ2) is 5.78. The Morgan fingerprint density at radius 1 is 1.10 bits per heavy atom. The van der Waals surface area contributed by atoms with Crippen LogP contribution in [0.1, 0.15) is 10.4 Å². The molecule has 21 heavy (non-hydrogen) atoms. The Kier molecular flexibility index (Phi) is 3.84. The molecule has 0 bridgehead atoms. The van der Waals surface area contributed by atoms with Crippen LogP contribution in [0.4, 0.5) is 11.4 Å². The Balaban J connectivity index is 1.83.